The fourth-order valence-corrected chi connectivity index (χ4v) is 2.67. The molecule has 0 aliphatic rings. The average Bonchev–Trinajstić information content (AvgIpc) is 2.24. The molecule has 0 radical (unpaired) electrons. The van der Waals surface area contributed by atoms with Gasteiger partial charge in [0.15, 0.2) is 0 Å². The lowest BCUT2D eigenvalue weighted by Crippen LogP contribution is -2.26. The first-order valence-corrected chi connectivity index (χ1v) is 7.64. The minimum Gasteiger partial charge on any atom is -0.361 e. The Labute approximate surface area is 115 Å². The maximum absolute atomic E-state index is 11.2. The summed E-state index contributed by atoms with van der Waals surface area (Å²) >= 11 is 0. The largest absolute Gasteiger partial charge is 0.361 e. The Kier molecular flexibility index (Phi) is 4.78. The Morgan fingerprint density at radius 3 is 2.50 bits per heavy atom. The van der Waals surface area contributed by atoms with Crippen LogP contribution in [-0.2, 0) is 9.84 Å². The number of rotatable bonds is 6. The van der Waals surface area contributed by atoms with Gasteiger partial charge in [-0.3, -0.25) is 15.5 Å². The first-order chi connectivity index (χ1) is 9.14. The number of aryl methyl sites for hydroxylation is 1. The fraction of sp³-hybridized carbons (Fsp3) is 0.556. The summed E-state index contributed by atoms with van der Waals surface area (Å²) in [4.78, 5) is 18.0. The van der Waals surface area contributed by atoms with E-state index in [4.69, 9.17) is 5.84 Å². The SMILES string of the molecule is Cc1nc(NN)nc(NC(C)CS(C)(=O)=O)c1[N+](=O)[O-]. The molecule has 1 unspecified atom stereocenters. The van der Waals surface area contributed by atoms with Crippen LogP contribution in [0.3, 0.4) is 0 Å². The second kappa shape index (κ2) is 5.96. The monoisotopic (exact) mass is 304 g/mol. The standard InChI is InChI=1S/C9H16N6O4S/c1-5(4-20(3,18)19)11-8-7(15(16)17)6(2)12-9(13-8)14-10/h5H,4,10H2,1-3H3,(H2,11,12,13,14). The van der Waals surface area contributed by atoms with Crippen LogP contribution in [0.25, 0.3) is 0 Å². The molecule has 1 rings (SSSR count). The number of aromatic nitrogens is 2. The number of nitrogen functional groups attached to an aromatic ring is 1. The molecular formula is C9H16N6O4S. The molecule has 11 heteroatoms. The normalized spacial score (nSPS) is 12.8. The lowest BCUT2D eigenvalue weighted by atomic mass is 10.3. The van der Waals surface area contributed by atoms with E-state index in [1.807, 2.05) is 0 Å². The number of nitrogens with two attached hydrogens (primary N) is 1. The van der Waals surface area contributed by atoms with Crippen LogP contribution in [0, 0.1) is 17.0 Å². The van der Waals surface area contributed by atoms with Gasteiger partial charge in [-0.05, 0) is 13.8 Å². The fourth-order valence-electron chi connectivity index (χ4n) is 1.68. The van der Waals surface area contributed by atoms with E-state index in [0.29, 0.717) is 0 Å². The molecule has 112 valence electrons. The zero-order chi connectivity index (χ0) is 15.5. The summed E-state index contributed by atoms with van der Waals surface area (Å²) in [5, 5.41) is 13.7. The zero-order valence-electron chi connectivity index (χ0n) is 11.2. The van der Waals surface area contributed by atoms with Gasteiger partial charge in [0.1, 0.15) is 15.5 Å². The third-order valence-electron chi connectivity index (χ3n) is 2.31. The van der Waals surface area contributed by atoms with E-state index in [9.17, 15) is 18.5 Å². The number of nitrogens with zero attached hydrogens (tertiary/aromatic N) is 3. The van der Waals surface area contributed by atoms with Crippen LogP contribution in [0.4, 0.5) is 17.5 Å². The summed E-state index contributed by atoms with van der Waals surface area (Å²) < 4.78 is 22.4. The molecule has 10 nitrogen and oxygen atoms in total. The Morgan fingerprint density at radius 2 is 2.05 bits per heavy atom. The number of nitro groups is 1. The molecule has 0 bridgehead atoms. The van der Waals surface area contributed by atoms with Gasteiger partial charge in [-0.25, -0.2) is 19.2 Å². The van der Waals surface area contributed by atoms with E-state index in [1.54, 1.807) is 6.92 Å². The van der Waals surface area contributed by atoms with Gasteiger partial charge in [-0.1, -0.05) is 0 Å². The van der Waals surface area contributed by atoms with Gasteiger partial charge in [-0.2, -0.15) is 4.98 Å². The van der Waals surface area contributed by atoms with Crippen molar-refractivity contribution in [2.75, 3.05) is 22.8 Å². The van der Waals surface area contributed by atoms with Gasteiger partial charge in [0.2, 0.25) is 11.8 Å². The van der Waals surface area contributed by atoms with Gasteiger partial charge < -0.3 is 5.32 Å². The lowest BCUT2D eigenvalue weighted by Gasteiger charge is -2.14. The Balaban J connectivity index is 3.15. The van der Waals surface area contributed by atoms with Crippen LogP contribution in [0.2, 0.25) is 0 Å². The van der Waals surface area contributed by atoms with E-state index in [1.165, 1.54) is 6.92 Å². The molecule has 1 aromatic rings. The van der Waals surface area contributed by atoms with E-state index < -0.39 is 20.8 Å². The van der Waals surface area contributed by atoms with Crippen molar-refractivity contribution in [1.29, 1.82) is 0 Å². The maximum atomic E-state index is 11.2. The molecule has 20 heavy (non-hydrogen) atoms. The second-order valence-corrected chi connectivity index (χ2v) is 6.55. The highest BCUT2D eigenvalue weighted by Crippen LogP contribution is 2.26. The summed E-state index contributed by atoms with van der Waals surface area (Å²) in [6.07, 6.45) is 1.08. The lowest BCUT2D eigenvalue weighted by molar-refractivity contribution is -0.385. The molecule has 0 spiro atoms. The minimum absolute atomic E-state index is 0.00200. The van der Waals surface area contributed by atoms with Crippen LogP contribution in [-0.4, -0.2) is 41.4 Å². The number of anilines is 2. The zero-order valence-corrected chi connectivity index (χ0v) is 12.1. The van der Waals surface area contributed by atoms with Crippen molar-refractivity contribution >= 4 is 27.3 Å². The molecule has 1 atom stereocenters. The molecule has 0 saturated heterocycles. The van der Waals surface area contributed by atoms with Gasteiger partial charge in [0.05, 0.1) is 10.7 Å². The summed E-state index contributed by atoms with van der Waals surface area (Å²) in [5.41, 5.74) is 1.99. The first kappa shape index (κ1) is 16.0. The van der Waals surface area contributed by atoms with Crippen molar-refractivity contribution in [1.82, 2.24) is 9.97 Å². The number of hydrogen-bond donors (Lipinski definition) is 3. The summed E-state index contributed by atoms with van der Waals surface area (Å²) in [7, 11) is -3.22. The van der Waals surface area contributed by atoms with Gasteiger partial charge in [0.25, 0.3) is 0 Å². The van der Waals surface area contributed by atoms with Gasteiger partial charge in [-0.15, -0.1) is 0 Å². The van der Waals surface area contributed by atoms with Crippen LogP contribution in [0.15, 0.2) is 0 Å². The van der Waals surface area contributed by atoms with Crippen LogP contribution in [0.1, 0.15) is 12.6 Å². The highest BCUT2D eigenvalue weighted by atomic mass is 32.2. The highest BCUT2D eigenvalue weighted by Gasteiger charge is 2.24. The summed E-state index contributed by atoms with van der Waals surface area (Å²) in [6.45, 7) is 3.02. The maximum Gasteiger partial charge on any atom is 0.332 e. The van der Waals surface area contributed by atoms with Crippen LogP contribution < -0.4 is 16.6 Å². The number of sulfone groups is 1. The minimum atomic E-state index is -3.22. The van der Waals surface area contributed by atoms with E-state index in [2.05, 4.69) is 20.7 Å². The number of hydrogen-bond acceptors (Lipinski definition) is 9. The van der Waals surface area contributed by atoms with Gasteiger partial charge >= 0.3 is 5.69 Å². The molecule has 0 amide bonds. The van der Waals surface area contributed by atoms with Crippen LogP contribution >= 0.6 is 0 Å². The van der Waals surface area contributed by atoms with E-state index in [0.717, 1.165) is 6.26 Å². The third kappa shape index (κ3) is 4.28. The smallest absolute Gasteiger partial charge is 0.332 e. The van der Waals surface area contributed by atoms with E-state index >= 15 is 0 Å². The molecule has 0 aliphatic heterocycles. The van der Waals surface area contributed by atoms with Crippen molar-refractivity contribution in [3.8, 4) is 0 Å². The molecule has 0 saturated carbocycles. The Morgan fingerprint density at radius 1 is 1.45 bits per heavy atom. The second-order valence-electron chi connectivity index (χ2n) is 4.37. The predicted molar refractivity (Wildman–Crippen MR) is 74.0 cm³/mol. The first-order valence-electron chi connectivity index (χ1n) is 5.58. The van der Waals surface area contributed by atoms with Crippen molar-refractivity contribution in [3.05, 3.63) is 15.8 Å². The molecule has 4 N–H and O–H groups in total. The Hall–Kier alpha value is -2.01. The molecule has 1 aromatic heterocycles. The van der Waals surface area contributed by atoms with Crippen molar-refractivity contribution < 1.29 is 13.3 Å². The Bertz CT molecular complexity index is 617. The highest BCUT2D eigenvalue weighted by molar-refractivity contribution is 7.90. The van der Waals surface area contributed by atoms with E-state index in [-0.39, 0.29) is 28.9 Å². The molecule has 0 aromatic carbocycles. The van der Waals surface area contributed by atoms with Crippen molar-refractivity contribution in [2.24, 2.45) is 5.84 Å². The van der Waals surface area contributed by atoms with Crippen LogP contribution in [0.5, 0.6) is 0 Å². The molecule has 0 aliphatic carbocycles. The van der Waals surface area contributed by atoms with Crippen molar-refractivity contribution in [3.63, 3.8) is 0 Å². The topological polar surface area (TPSA) is 153 Å². The van der Waals surface area contributed by atoms with Gasteiger partial charge in [0, 0.05) is 12.3 Å². The number of nitrogens with one attached hydrogen (secondary N) is 2. The molecular weight excluding hydrogens is 288 g/mol. The third-order valence-corrected chi connectivity index (χ3v) is 3.41. The summed E-state index contributed by atoms with van der Waals surface area (Å²) in [5.74, 6) is 4.92. The number of hydrazine groups is 1. The van der Waals surface area contributed by atoms with Crippen molar-refractivity contribution in [2.45, 2.75) is 19.9 Å². The summed E-state index contributed by atoms with van der Waals surface area (Å²) in [6, 6.07) is -0.552. The molecule has 0 fully saturated rings. The quantitative estimate of drug-likeness (QED) is 0.369. The average molecular weight is 304 g/mol. The molecule has 1 heterocycles. The predicted octanol–water partition coefficient (Wildman–Crippen LogP) is -0.176.